The Morgan fingerprint density at radius 2 is 2.33 bits per heavy atom. The third-order valence-corrected chi connectivity index (χ3v) is 1.64. The van der Waals surface area contributed by atoms with E-state index in [1.165, 1.54) is 0 Å². The third kappa shape index (κ3) is 5.72. The summed E-state index contributed by atoms with van der Waals surface area (Å²) >= 11 is 0. The van der Waals surface area contributed by atoms with Crippen LogP contribution in [0.3, 0.4) is 0 Å². The molecule has 0 rings (SSSR count). The van der Waals surface area contributed by atoms with Gasteiger partial charge >= 0.3 is 0 Å². The summed E-state index contributed by atoms with van der Waals surface area (Å²) in [5.74, 6) is -0.166. The van der Waals surface area contributed by atoms with Crippen LogP contribution in [-0.4, -0.2) is 11.9 Å². The van der Waals surface area contributed by atoms with E-state index in [2.05, 4.69) is 12.2 Å². The summed E-state index contributed by atoms with van der Waals surface area (Å²) in [5, 5.41) is 11.0. The Labute approximate surface area is 73.8 Å². The lowest BCUT2D eigenvalue weighted by molar-refractivity contribution is -0.120. The number of nitriles is 1. The van der Waals surface area contributed by atoms with Crippen LogP contribution >= 0.6 is 0 Å². The Morgan fingerprint density at radius 1 is 1.67 bits per heavy atom. The van der Waals surface area contributed by atoms with Gasteiger partial charge in [0, 0.05) is 6.04 Å². The maximum absolute atomic E-state index is 10.9. The molecule has 0 saturated heterocycles. The highest BCUT2D eigenvalue weighted by Crippen LogP contribution is 1.99. The number of rotatable bonds is 5. The zero-order valence-corrected chi connectivity index (χ0v) is 7.76. The van der Waals surface area contributed by atoms with Crippen LogP contribution < -0.4 is 5.32 Å². The molecular formula is C9H16N2O. The summed E-state index contributed by atoms with van der Waals surface area (Å²) in [7, 11) is 0. The van der Waals surface area contributed by atoms with Gasteiger partial charge in [-0.3, -0.25) is 4.79 Å². The Morgan fingerprint density at radius 3 is 2.83 bits per heavy atom. The molecule has 1 unspecified atom stereocenters. The molecule has 0 aliphatic rings. The molecule has 0 aromatic heterocycles. The molecule has 0 spiro atoms. The molecule has 0 saturated carbocycles. The maximum Gasteiger partial charge on any atom is 0.234 e. The van der Waals surface area contributed by atoms with Crippen LogP contribution in [0, 0.1) is 11.3 Å². The van der Waals surface area contributed by atoms with Gasteiger partial charge in [0.05, 0.1) is 6.07 Å². The molecule has 0 bridgehead atoms. The lowest BCUT2D eigenvalue weighted by Crippen LogP contribution is -2.31. The third-order valence-electron chi connectivity index (χ3n) is 1.64. The smallest absolute Gasteiger partial charge is 0.234 e. The molecule has 3 heteroatoms. The number of amides is 1. The first kappa shape index (κ1) is 11.0. The van der Waals surface area contributed by atoms with E-state index >= 15 is 0 Å². The average molecular weight is 168 g/mol. The van der Waals surface area contributed by atoms with Crippen molar-refractivity contribution in [2.24, 2.45) is 0 Å². The molecule has 1 amide bonds. The van der Waals surface area contributed by atoms with Crippen LogP contribution in [0.5, 0.6) is 0 Å². The second kappa shape index (κ2) is 6.66. The van der Waals surface area contributed by atoms with Crippen molar-refractivity contribution in [3.63, 3.8) is 0 Å². The van der Waals surface area contributed by atoms with Crippen molar-refractivity contribution in [3.05, 3.63) is 0 Å². The highest BCUT2D eigenvalue weighted by atomic mass is 16.1. The number of nitrogens with zero attached hydrogens (tertiary/aromatic N) is 1. The Bertz CT molecular complexity index is 172. The Balaban J connectivity index is 3.48. The normalized spacial score (nSPS) is 11.8. The van der Waals surface area contributed by atoms with Crippen LogP contribution in [0.1, 0.15) is 39.5 Å². The second-order valence-corrected chi connectivity index (χ2v) is 2.95. The summed E-state index contributed by atoms with van der Waals surface area (Å²) in [4.78, 5) is 10.9. The van der Waals surface area contributed by atoms with Gasteiger partial charge in [-0.25, -0.2) is 0 Å². The van der Waals surface area contributed by atoms with Crippen molar-refractivity contribution < 1.29 is 4.79 Å². The molecular weight excluding hydrogens is 152 g/mol. The number of hydrogen-bond donors (Lipinski definition) is 1. The summed E-state index contributed by atoms with van der Waals surface area (Å²) in [5.41, 5.74) is 0. The van der Waals surface area contributed by atoms with Crippen molar-refractivity contribution in [2.45, 2.75) is 45.6 Å². The van der Waals surface area contributed by atoms with E-state index in [0.717, 1.165) is 19.3 Å². The second-order valence-electron chi connectivity index (χ2n) is 2.95. The topological polar surface area (TPSA) is 52.9 Å². The molecule has 0 heterocycles. The molecule has 0 aliphatic heterocycles. The fourth-order valence-electron chi connectivity index (χ4n) is 0.980. The van der Waals surface area contributed by atoms with E-state index in [0.29, 0.717) is 0 Å². The summed E-state index contributed by atoms with van der Waals surface area (Å²) in [6.45, 7) is 4.08. The lowest BCUT2D eigenvalue weighted by atomic mass is 10.1. The highest BCUT2D eigenvalue weighted by Gasteiger charge is 2.04. The van der Waals surface area contributed by atoms with Gasteiger partial charge in [-0.05, 0) is 13.3 Å². The number of nitrogens with one attached hydrogen (secondary N) is 1. The number of unbranched alkanes of at least 4 members (excludes halogenated alkanes) is 1. The first-order valence-corrected chi connectivity index (χ1v) is 4.37. The standard InChI is InChI=1S/C9H16N2O/c1-3-4-5-8(2)11-9(12)6-7-10/h8H,3-6H2,1-2H3,(H,11,12). The first-order chi connectivity index (χ1) is 5.70. The molecule has 0 aromatic carbocycles. The van der Waals surface area contributed by atoms with Crippen LogP contribution in [0.2, 0.25) is 0 Å². The summed E-state index contributed by atoms with van der Waals surface area (Å²) < 4.78 is 0. The largest absolute Gasteiger partial charge is 0.353 e. The van der Waals surface area contributed by atoms with E-state index in [-0.39, 0.29) is 18.4 Å². The van der Waals surface area contributed by atoms with E-state index in [1.807, 2.05) is 13.0 Å². The van der Waals surface area contributed by atoms with E-state index in [4.69, 9.17) is 5.26 Å². The van der Waals surface area contributed by atoms with E-state index in [1.54, 1.807) is 0 Å². The van der Waals surface area contributed by atoms with Gasteiger partial charge in [0.15, 0.2) is 0 Å². The highest BCUT2D eigenvalue weighted by molar-refractivity contribution is 5.78. The van der Waals surface area contributed by atoms with Gasteiger partial charge in [0.2, 0.25) is 5.91 Å². The minimum Gasteiger partial charge on any atom is -0.353 e. The zero-order chi connectivity index (χ0) is 9.40. The van der Waals surface area contributed by atoms with Gasteiger partial charge < -0.3 is 5.32 Å². The van der Waals surface area contributed by atoms with Crippen LogP contribution in [0.15, 0.2) is 0 Å². The molecule has 1 atom stereocenters. The predicted molar refractivity (Wildman–Crippen MR) is 47.4 cm³/mol. The monoisotopic (exact) mass is 168 g/mol. The Hall–Kier alpha value is -1.04. The lowest BCUT2D eigenvalue weighted by Gasteiger charge is -2.11. The van der Waals surface area contributed by atoms with Crippen molar-refractivity contribution in [3.8, 4) is 6.07 Å². The summed E-state index contributed by atoms with van der Waals surface area (Å²) in [6, 6.07) is 2.02. The van der Waals surface area contributed by atoms with Crippen LogP contribution in [-0.2, 0) is 4.79 Å². The van der Waals surface area contributed by atoms with Gasteiger partial charge in [0.1, 0.15) is 6.42 Å². The van der Waals surface area contributed by atoms with Crippen LogP contribution in [0.25, 0.3) is 0 Å². The Kier molecular flexibility index (Phi) is 6.08. The van der Waals surface area contributed by atoms with Gasteiger partial charge in [-0.1, -0.05) is 19.8 Å². The van der Waals surface area contributed by atoms with Gasteiger partial charge in [0.25, 0.3) is 0 Å². The number of carbonyl (C=O) groups is 1. The van der Waals surface area contributed by atoms with E-state index in [9.17, 15) is 4.79 Å². The molecule has 68 valence electrons. The SMILES string of the molecule is CCCCC(C)NC(=O)CC#N. The quantitative estimate of drug-likeness (QED) is 0.677. The minimum absolute atomic E-state index is 0.0313. The number of carbonyl (C=O) groups excluding carboxylic acids is 1. The van der Waals surface area contributed by atoms with Gasteiger partial charge in [-0.2, -0.15) is 5.26 Å². The van der Waals surface area contributed by atoms with Crippen molar-refractivity contribution in [1.82, 2.24) is 5.32 Å². The molecule has 0 radical (unpaired) electrons. The molecule has 1 N–H and O–H groups in total. The zero-order valence-electron chi connectivity index (χ0n) is 7.76. The molecule has 0 fully saturated rings. The molecule has 3 nitrogen and oxygen atoms in total. The fraction of sp³-hybridized carbons (Fsp3) is 0.778. The fourth-order valence-corrected chi connectivity index (χ4v) is 0.980. The van der Waals surface area contributed by atoms with Gasteiger partial charge in [-0.15, -0.1) is 0 Å². The molecule has 0 aliphatic carbocycles. The molecule has 0 aromatic rings. The van der Waals surface area contributed by atoms with Crippen molar-refractivity contribution >= 4 is 5.91 Å². The molecule has 12 heavy (non-hydrogen) atoms. The van der Waals surface area contributed by atoms with E-state index < -0.39 is 0 Å². The summed E-state index contributed by atoms with van der Waals surface area (Å²) in [6.07, 6.45) is 3.22. The van der Waals surface area contributed by atoms with Crippen LogP contribution in [0.4, 0.5) is 0 Å². The first-order valence-electron chi connectivity index (χ1n) is 4.37. The van der Waals surface area contributed by atoms with Crippen molar-refractivity contribution in [2.75, 3.05) is 0 Å². The maximum atomic E-state index is 10.9. The average Bonchev–Trinajstić information content (AvgIpc) is 2.01. The minimum atomic E-state index is -0.166. The predicted octanol–water partition coefficient (Wildman–Crippen LogP) is 1.59. The van der Waals surface area contributed by atoms with Crippen molar-refractivity contribution in [1.29, 1.82) is 5.26 Å². The number of hydrogen-bond acceptors (Lipinski definition) is 2.